The molecule has 0 spiro atoms. The third kappa shape index (κ3) is 3.58. The van der Waals surface area contributed by atoms with Crippen molar-refractivity contribution in [2.45, 2.75) is 6.61 Å². The van der Waals surface area contributed by atoms with Crippen LogP contribution in [0.5, 0.6) is 5.75 Å². The minimum absolute atomic E-state index is 0.197. The topological polar surface area (TPSA) is 39.4 Å². The number of carbonyl (C=O) groups excluding carboxylic acids is 1. The first-order valence-electron chi connectivity index (χ1n) is 8.29. The predicted octanol–water partition coefficient (Wildman–Crippen LogP) is 5.52. The fraction of sp³-hybridized carbons (Fsp3) is 0.0455. The lowest BCUT2D eigenvalue weighted by atomic mass is 10.0. The molecule has 0 aliphatic heterocycles. The van der Waals surface area contributed by atoms with Crippen molar-refractivity contribution in [2.75, 3.05) is 0 Å². The molecule has 0 saturated carbocycles. The normalized spacial score (nSPS) is 10.9. The lowest BCUT2D eigenvalue weighted by Gasteiger charge is -2.07. The highest BCUT2D eigenvalue weighted by molar-refractivity contribution is 6.16. The molecule has 4 rings (SSSR count). The minimum atomic E-state index is -0.406. The molecule has 0 aliphatic carbocycles. The first-order chi connectivity index (χ1) is 13.1. The second-order valence-electron chi connectivity index (χ2n) is 6.06. The molecule has 0 saturated heterocycles. The fourth-order valence-corrected chi connectivity index (χ4v) is 2.82. The predicted molar refractivity (Wildman–Crippen MR) is 96.8 cm³/mol. The van der Waals surface area contributed by atoms with Crippen molar-refractivity contribution in [3.05, 3.63) is 101 Å². The van der Waals surface area contributed by atoms with Crippen LogP contribution >= 0.6 is 0 Å². The van der Waals surface area contributed by atoms with Crippen molar-refractivity contribution < 1.29 is 22.7 Å². The monoisotopic (exact) mass is 364 g/mol. The van der Waals surface area contributed by atoms with Gasteiger partial charge in [-0.15, -0.1) is 0 Å². The van der Waals surface area contributed by atoms with Gasteiger partial charge in [-0.1, -0.05) is 12.1 Å². The van der Waals surface area contributed by atoms with Gasteiger partial charge >= 0.3 is 0 Å². The molecule has 3 nitrogen and oxygen atoms in total. The van der Waals surface area contributed by atoms with Gasteiger partial charge in [0.25, 0.3) is 0 Å². The summed E-state index contributed by atoms with van der Waals surface area (Å²) in [6.45, 7) is 0.197. The Kier molecular flexibility index (Phi) is 4.42. The summed E-state index contributed by atoms with van der Waals surface area (Å²) in [4.78, 5) is 12.7. The summed E-state index contributed by atoms with van der Waals surface area (Å²) in [5.41, 5.74) is 1.97. The molecule has 4 aromatic rings. The highest BCUT2D eigenvalue weighted by Gasteiger charge is 2.16. The van der Waals surface area contributed by atoms with Crippen LogP contribution in [0.1, 0.15) is 21.5 Å². The number of carbonyl (C=O) groups is 1. The molecule has 0 N–H and O–H groups in total. The van der Waals surface area contributed by atoms with E-state index in [1.165, 1.54) is 42.7 Å². The smallest absolute Gasteiger partial charge is 0.196 e. The van der Waals surface area contributed by atoms with Crippen molar-refractivity contribution in [1.82, 2.24) is 0 Å². The summed E-state index contributed by atoms with van der Waals surface area (Å²) in [7, 11) is 0. The molecule has 134 valence electrons. The first kappa shape index (κ1) is 17.0. The quantitative estimate of drug-likeness (QED) is 0.438. The van der Waals surface area contributed by atoms with Crippen LogP contribution in [0.15, 0.2) is 77.4 Å². The van der Waals surface area contributed by atoms with Crippen LogP contribution in [0.25, 0.3) is 11.0 Å². The Morgan fingerprint density at radius 1 is 0.926 bits per heavy atom. The lowest BCUT2D eigenvalue weighted by Crippen LogP contribution is -2.00. The number of halogens is 2. The van der Waals surface area contributed by atoms with Gasteiger partial charge in [0.15, 0.2) is 5.78 Å². The fourth-order valence-electron chi connectivity index (χ4n) is 2.82. The third-order valence-electron chi connectivity index (χ3n) is 4.19. The van der Waals surface area contributed by atoms with E-state index in [4.69, 9.17) is 9.15 Å². The minimum Gasteiger partial charge on any atom is -0.489 e. The van der Waals surface area contributed by atoms with Crippen LogP contribution in [-0.2, 0) is 6.61 Å². The van der Waals surface area contributed by atoms with Gasteiger partial charge in [0, 0.05) is 10.9 Å². The number of fused-ring (bicyclic) bond motifs is 1. The highest BCUT2D eigenvalue weighted by atomic mass is 19.1. The van der Waals surface area contributed by atoms with Crippen molar-refractivity contribution in [1.29, 1.82) is 0 Å². The van der Waals surface area contributed by atoms with Crippen LogP contribution in [0.3, 0.4) is 0 Å². The van der Waals surface area contributed by atoms with Crippen LogP contribution in [0, 0.1) is 11.6 Å². The van der Waals surface area contributed by atoms with Gasteiger partial charge < -0.3 is 9.15 Å². The molecule has 0 unspecified atom stereocenters. The van der Waals surface area contributed by atoms with Crippen molar-refractivity contribution in [3.8, 4) is 5.75 Å². The molecule has 1 heterocycles. The number of rotatable bonds is 5. The summed E-state index contributed by atoms with van der Waals surface area (Å²) in [5.74, 6) is -0.470. The second kappa shape index (κ2) is 7.03. The van der Waals surface area contributed by atoms with Gasteiger partial charge in [0.2, 0.25) is 0 Å². The van der Waals surface area contributed by atoms with Crippen LogP contribution in [0.4, 0.5) is 8.78 Å². The molecule has 0 bridgehead atoms. The van der Waals surface area contributed by atoms with Gasteiger partial charge in [-0.3, -0.25) is 4.79 Å². The van der Waals surface area contributed by atoms with Gasteiger partial charge in [-0.2, -0.15) is 0 Å². The Morgan fingerprint density at radius 3 is 2.52 bits per heavy atom. The SMILES string of the molecule is O=C(c1ccc(F)cc1)c1coc2ccc(OCc3cccc(F)c3)cc12. The maximum absolute atomic E-state index is 13.3. The second-order valence-corrected chi connectivity index (χ2v) is 6.06. The van der Waals surface area contributed by atoms with Crippen LogP contribution in [-0.4, -0.2) is 5.78 Å². The van der Waals surface area contributed by atoms with Gasteiger partial charge in [0.1, 0.15) is 35.8 Å². The van der Waals surface area contributed by atoms with Crippen LogP contribution < -0.4 is 4.74 Å². The molecular formula is C22H14F2O3. The molecular weight excluding hydrogens is 350 g/mol. The first-order valence-corrected chi connectivity index (χ1v) is 8.29. The number of ketones is 1. The Balaban J connectivity index is 1.61. The molecule has 3 aromatic carbocycles. The largest absolute Gasteiger partial charge is 0.489 e. The number of hydrogen-bond acceptors (Lipinski definition) is 3. The summed E-state index contributed by atoms with van der Waals surface area (Å²) in [6, 6.07) is 16.6. The number of ether oxygens (including phenoxy) is 1. The van der Waals surface area contributed by atoms with E-state index in [-0.39, 0.29) is 18.2 Å². The zero-order valence-electron chi connectivity index (χ0n) is 14.1. The van der Waals surface area contributed by atoms with E-state index in [1.807, 2.05) is 0 Å². The maximum Gasteiger partial charge on any atom is 0.196 e. The van der Waals surface area contributed by atoms with E-state index in [0.29, 0.717) is 33.4 Å². The van der Waals surface area contributed by atoms with E-state index in [0.717, 1.165) is 0 Å². The molecule has 0 atom stereocenters. The Labute approximate surface area is 153 Å². The van der Waals surface area contributed by atoms with Crippen LogP contribution in [0.2, 0.25) is 0 Å². The van der Waals surface area contributed by atoms with E-state index in [1.54, 1.807) is 30.3 Å². The van der Waals surface area contributed by atoms with E-state index < -0.39 is 5.82 Å². The lowest BCUT2D eigenvalue weighted by molar-refractivity contribution is 0.103. The average Bonchev–Trinajstić information content (AvgIpc) is 3.10. The number of furan rings is 1. The molecule has 0 aliphatic rings. The molecule has 1 aromatic heterocycles. The summed E-state index contributed by atoms with van der Waals surface area (Å²) in [5, 5.41) is 0.598. The van der Waals surface area contributed by atoms with E-state index in [9.17, 15) is 13.6 Å². The molecule has 27 heavy (non-hydrogen) atoms. The Morgan fingerprint density at radius 2 is 1.74 bits per heavy atom. The summed E-state index contributed by atoms with van der Waals surface area (Å²) < 4.78 is 37.5. The van der Waals surface area contributed by atoms with E-state index >= 15 is 0 Å². The standard InChI is InChI=1S/C22H14F2O3/c23-16-6-4-15(5-7-16)22(25)20-13-27-21-9-8-18(11-19(20)21)26-12-14-2-1-3-17(24)10-14/h1-11,13H,12H2. The summed E-state index contributed by atoms with van der Waals surface area (Å²) >= 11 is 0. The van der Waals surface area contributed by atoms with Crippen molar-refractivity contribution in [2.24, 2.45) is 0 Å². The molecule has 5 heteroatoms. The Hall–Kier alpha value is -3.47. The van der Waals surface area contributed by atoms with E-state index in [2.05, 4.69) is 0 Å². The number of benzene rings is 3. The molecule has 0 radical (unpaired) electrons. The zero-order chi connectivity index (χ0) is 18.8. The van der Waals surface area contributed by atoms with Gasteiger partial charge in [-0.25, -0.2) is 8.78 Å². The number of hydrogen-bond donors (Lipinski definition) is 0. The van der Waals surface area contributed by atoms with Crippen molar-refractivity contribution >= 4 is 16.8 Å². The Bertz CT molecular complexity index is 1110. The third-order valence-corrected chi connectivity index (χ3v) is 4.19. The maximum atomic E-state index is 13.3. The average molecular weight is 364 g/mol. The molecule has 0 fully saturated rings. The molecule has 0 amide bonds. The summed E-state index contributed by atoms with van der Waals surface area (Å²) in [6.07, 6.45) is 1.38. The van der Waals surface area contributed by atoms with Crippen molar-refractivity contribution in [3.63, 3.8) is 0 Å². The highest BCUT2D eigenvalue weighted by Crippen LogP contribution is 2.28. The zero-order valence-corrected chi connectivity index (χ0v) is 14.1. The van der Waals surface area contributed by atoms with Gasteiger partial charge in [0.05, 0.1) is 5.56 Å². The van der Waals surface area contributed by atoms with Gasteiger partial charge in [-0.05, 0) is 60.2 Å².